The Morgan fingerprint density at radius 2 is 1.94 bits per heavy atom. The van der Waals surface area contributed by atoms with Crippen molar-refractivity contribution >= 4 is 0 Å². The first-order valence-electron chi connectivity index (χ1n) is 6.00. The Bertz CT molecular complexity index is 390. The fraction of sp³-hybridized carbons (Fsp3) is 0.538. The standard InChI is InChI=1S/C13H18F3NO/c1-2-3-4-5-9-6-7-11(18)10(8-9)12(17)13(14,15)16/h6-8,12,18H,2-5,17H2,1H3/t12-/m0/s1. The molecule has 0 heterocycles. The smallest absolute Gasteiger partial charge is 0.407 e. The quantitative estimate of drug-likeness (QED) is 0.794. The maximum Gasteiger partial charge on any atom is 0.407 e. The number of unbranched alkanes of at least 4 members (excludes halogenated alkanes) is 2. The van der Waals surface area contributed by atoms with Gasteiger partial charge in [0.2, 0.25) is 0 Å². The monoisotopic (exact) mass is 261 g/mol. The number of aryl methyl sites for hydroxylation is 1. The molecule has 18 heavy (non-hydrogen) atoms. The molecule has 0 radical (unpaired) electrons. The van der Waals surface area contributed by atoms with Crippen LogP contribution in [0.2, 0.25) is 0 Å². The number of hydrogen-bond acceptors (Lipinski definition) is 2. The van der Waals surface area contributed by atoms with Gasteiger partial charge in [0.05, 0.1) is 0 Å². The van der Waals surface area contributed by atoms with Gasteiger partial charge in [0.15, 0.2) is 0 Å². The summed E-state index contributed by atoms with van der Waals surface area (Å²) in [6.45, 7) is 2.06. The van der Waals surface area contributed by atoms with Crippen molar-refractivity contribution in [1.82, 2.24) is 0 Å². The lowest BCUT2D eigenvalue weighted by atomic mass is 9.99. The van der Waals surface area contributed by atoms with Crippen LogP contribution in [0.4, 0.5) is 13.2 Å². The first kappa shape index (κ1) is 14.8. The average molecular weight is 261 g/mol. The molecule has 0 aromatic heterocycles. The Balaban J connectivity index is 2.87. The van der Waals surface area contributed by atoms with Crippen LogP contribution in [-0.2, 0) is 6.42 Å². The van der Waals surface area contributed by atoms with E-state index in [0.717, 1.165) is 24.8 Å². The zero-order valence-corrected chi connectivity index (χ0v) is 10.3. The molecule has 1 rings (SSSR count). The largest absolute Gasteiger partial charge is 0.508 e. The summed E-state index contributed by atoms with van der Waals surface area (Å²) < 4.78 is 37.6. The van der Waals surface area contributed by atoms with Gasteiger partial charge in [-0.25, -0.2) is 0 Å². The van der Waals surface area contributed by atoms with Gasteiger partial charge in [-0.15, -0.1) is 0 Å². The molecule has 1 aromatic carbocycles. The van der Waals surface area contributed by atoms with Crippen molar-refractivity contribution in [3.8, 4) is 5.75 Å². The third kappa shape index (κ3) is 3.91. The van der Waals surface area contributed by atoms with Crippen LogP contribution in [-0.4, -0.2) is 11.3 Å². The predicted octanol–water partition coefficient (Wildman–Crippen LogP) is 3.69. The molecule has 3 N–H and O–H groups in total. The second kappa shape index (κ2) is 6.09. The summed E-state index contributed by atoms with van der Waals surface area (Å²) in [4.78, 5) is 0. The maximum atomic E-state index is 12.5. The molecule has 0 bridgehead atoms. The molecular weight excluding hydrogens is 243 g/mol. The van der Waals surface area contributed by atoms with E-state index in [2.05, 4.69) is 6.92 Å². The Kier molecular flexibility index (Phi) is 5.02. The van der Waals surface area contributed by atoms with E-state index in [-0.39, 0.29) is 5.56 Å². The molecule has 1 atom stereocenters. The minimum absolute atomic E-state index is 0.253. The third-order valence-corrected chi connectivity index (χ3v) is 2.85. The molecule has 0 fully saturated rings. The Hall–Kier alpha value is -1.23. The summed E-state index contributed by atoms with van der Waals surface area (Å²) >= 11 is 0. The summed E-state index contributed by atoms with van der Waals surface area (Å²) in [7, 11) is 0. The second-order valence-corrected chi connectivity index (χ2v) is 4.37. The van der Waals surface area contributed by atoms with E-state index in [0.29, 0.717) is 6.42 Å². The van der Waals surface area contributed by atoms with Gasteiger partial charge in [-0.1, -0.05) is 31.9 Å². The molecule has 1 aromatic rings. The fourth-order valence-electron chi connectivity index (χ4n) is 1.76. The molecule has 5 heteroatoms. The van der Waals surface area contributed by atoms with Crippen molar-refractivity contribution in [1.29, 1.82) is 0 Å². The van der Waals surface area contributed by atoms with Crippen molar-refractivity contribution in [2.24, 2.45) is 5.73 Å². The average Bonchev–Trinajstić information content (AvgIpc) is 2.29. The lowest BCUT2D eigenvalue weighted by Gasteiger charge is -2.18. The van der Waals surface area contributed by atoms with Crippen LogP contribution in [0.15, 0.2) is 18.2 Å². The number of halogens is 3. The number of nitrogens with two attached hydrogens (primary N) is 1. The SMILES string of the molecule is CCCCCc1ccc(O)c([C@H](N)C(F)(F)F)c1. The van der Waals surface area contributed by atoms with E-state index in [9.17, 15) is 18.3 Å². The zero-order chi connectivity index (χ0) is 13.8. The third-order valence-electron chi connectivity index (χ3n) is 2.85. The highest BCUT2D eigenvalue weighted by Crippen LogP contribution is 2.35. The van der Waals surface area contributed by atoms with E-state index >= 15 is 0 Å². The minimum Gasteiger partial charge on any atom is -0.508 e. The highest BCUT2D eigenvalue weighted by atomic mass is 19.4. The van der Waals surface area contributed by atoms with Gasteiger partial charge < -0.3 is 10.8 Å². The zero-order valence-electron chi connectivity index (χ0n) is 10.3. The minimum atomic E-state index is -4.54. The Labute approximate surface area is 105 Å². The van der Waals surface area contributed by atoms with E-state index in [1.165, 1.54) is 12.1 Å². The van der Waals surface area contributed by atoms with Gasteiger partial charge >= 0.3 is 6.18 Å². The Morgan fingerprint density at radius 1 is 1.28 bits per heavy atom. The lowest BCUT2D eigenvalue weighted by Crippen LogP contribution is -2.28. The molecule has 102 valence electrons. The summed E-state index contributed by atoms with van der Waals surface area (Å²) in [5, 5.41) is 9.46. The van der Waals surface area contributed by atoms with Gasteiger partial charge in [0.25, 0.3) is 0 Å². The number of alkyl halides is 3. The molecule has 0 aliphatic rings. The van der Waals surface area contributed by atoms with Gasteiger partial charge in [0, 0.05) is 5.56 Å². The molecule has 2 nitrogen and oxygen atoms in total. The molecule has 0 amide bonds. The lowest BCUT2D eigenvalue weighted by molar-refractivity contribution is -0.149. The Morgan fingerprint density at radius 3 is 2.50 bits per heavy atom. The molecule has 0 saturated heterocycles. The van der Waals surface area contributed by atoms with E-state index in [1.807, 2.05) is 0 Å². The highest BCUT2D eigenvalue weighted by molar-refractivity contribution is 5.39. The van der Waals surface area contributed by atoms with Gasteiger partial charge in [0.1, 0.15) is 11.8 Å². The van der Waals surface area contributed by atoms with Crippen molar-refractivity contribution in [3.63, 3.8) is 0 Å². The van der Waals surface area contributed by atoms with Crippen LogP contribution in [0.1, 0.15) is 43.4 Å². The van der Waals surface area contributed by atoms with Crippen LogP contribution in [0, 0.1) is 0 Å². The molecule has 0 aliphatic carbocycles. The number of phenols is 1. The number of phenolic OH excluding ortho intramolecular Hbond substituents is 1. The molecule has 0 saturated carbocycles. The maximum absolute atomic E-state index is 12.5. The van der Waals surface area contributed by atoms with Crippen LogP contribution in [0.25, 0.3) is 0 Å². The van der Waals surface area contributed by atoms with Crippen molar-refractivity contribution in [2.45, 2.75) is 44.8 Å². The summed E-state index contributed by atoms with van der Waals surface area (Å²) in [6.07, 6.45) is -0.846. The summed E-state index contributed by atoms with van der Waals surface area (Å²) in [6, 6.07) is 2.13. The van der Waals surface area contributed by atoms with E-state index in [4.69, 9.17) is 5.73 Å². The first-order valence-corrected chi connectivity index (χ1v) is 6.00. The summed E-state index contributed by atoms with van der Waals surface area (Å²) in [5.74, 6) is -0.404. The number of aromatic hydroxyl groups is 1. The van der Waals surface area contributed by atoms with Gasteiger partial charge in [-0.3, -0.25) is 0 Å². The molecule has 0 aliphatic heterocycles. The molecular formula is C13H18F3NO. The van der Waals surface area contributed by atoms with E-state index < -0.39 is 18.0 Å². The first-order chi connectivity index (χ1) is 8.36. The van der Waals surface area contributed by atoms with Crippen LogP contribution < -0.4 is 5.73 Å². The number of benzene rings is 1. The van der Waals surface area contributed by atoms with Gasteiger partial charge in [-0.05, 0) is 24.5 Å². The van der Waals surface area contributed by atoms with Crippen molar-refractivity contribution in [2.75, 3.05) is 0 Å². The van der Waals surface area contributed by atoms with Crippen molar-refractivity contribution in [3.05, 3.63) is 29.3 Å². The number of hydrogen-bond donors (Lipinski definition) is 2. The number of rotatable bonds is 5. The normalized spacial score (nSPS) is 13.6. The predicted molar refractivity (Wildman–Crippen MR) is 64.3 cm³/mol. The van der Waals surface area contributed by atoms with Crippen LogP contribution >= 0.6 is 0 Å². The summed E-state index contributed by atoms with van der Waals surface area (Å²) in [5.41, 5.74) is 5.63. The van der Waals surface area contributed by atoms with E-state index in [1.54, 1.807) is 6.07 Å². The van der Waals surface area contributed by atoms with Crippen LogP contribution in [0.3, 0.4) is 0 Å². The van der Waals surface area contributed by atoms with Crippen molar-refractivity contribution < 1.29 is 18.3 Å². The second-order valence-electron chi connectivity index (χ2n) is 4.37. The topological polar surface area (TPSA) is 46.2 Å². The van der Waals surface area contributed by atoms with Crippen LogP contribution in [0.5, 0.6) is 5.75 Å². The molecule has 0 unspecified atom stereocenters. The highest BCUT2D eigenvalue weighted by Gasteiger charge is 2.39. The van der Waals surface area contributed by atoms with Gasteiger partial charge in [-0.2, -0.15) is 13.2 Å². The molecule has 0 spiro atoms. The fourth-order valence-corrected chi connectivity index (χ4v) is 1.76.